The van der Waals surface area contributed by atoms with E-state index in [1.807, 2.05) is 0 Å². The van der Waals surface area contributed by atoms with Gasteiger partial charge >= 0.3 is 5.97 Å². The molecule has 0 radical (unpaired) electrons. The standard InChI is InChI=1S/C13H18N6O3/c1-3-4(2)9(15)6-5(8(3)14)7(13(20)22-19)12(21-18)11(17)10(6)16/h14-19H2,1-2H3. The second-order valence-electron chi connectivity index (χ2n) is 4.88. The minimum atomic E-state index is -0.925. The lowest BCUT2D eigenvalue weighted by molar-refractivity contribution is 0.0501. The summed E-state index contributed by atoms with van der Waals surface area (Å²) < 4.78 is 0. The zero-order valence-corrected chi connectivity index (χ0v) is 12.2. The quantitative estimate of drug-likeness (QED) is 0.329. The molecule has 118 valence electrons. The van der Waals surface area contributed by atoms with Gasteiger partial charge in [-0.1, -0.05) is 0 Å². The van der Waals surface area contributed by atoms with Crippen molar-refractivity contribution in [1.29, 1.82) is 0 Å². The summed E-state index contributed by atoms with van der Waals surface area (Å²) in [4.78, 5) is 21.0. The van der Waals surface area contributed by atoms with E-state index in [4.69, 9.17) is 39.6 Å². The first-order valence-electron chi connectivity index (χ1n) is 6.24. The Labute approximate surface area is 126 Å². The van der Waals surface area contributed by atoms with Crippen LogP contribution in [0.5, 0.6) is 5.75 Å². The first-order valence-corrected chi connectivity index (χ1v) is 6.24. The maximum atomic E-state index is 12.1. The fourth-order valence-corrected chi connectivity index (χ4v) is 2.47. The molecule has 0 atom stereocenters. The van der Waals surface area contributed by atoms with Crippen LogP contribution in [-0.2, 0) is 4.84 Å². The summed E-state index contributed by atoms with van der Waals surface area (Å²) in [6, 6.07) is 0. The van der Waals surface area contributed by atoms with Crippen LogP contribution in [-0.4, -0.2) is 5.97 Å². The van der Waals surface area contributed by atoms with E-state index in [2.05, 4.69) is 4.84 Å². The number of anilines is 4. The van der Waals surface area contributed by atoms with Crippen LogP contribution in [0.1, 0.15) is 21.5 Å². The molecule has 0 aliphatic carbocycles. The molecule has 0 aliphatic rings. The molecule has 0 bridgehead atoms. The molecule has 9 heteroatoms. The van der Waals surface area contributed by atoms with E-state index < -0.39 is 5.97 Å². The maximum absolute atomic E-state index is 12.1. The molecule has 0 fully saturated rings. The second kappa shape index (κ2) is 5.13. The molecule has 0 aromatic heterocycles. The number of carbonyl (C=O) groups is 1. The highest BCUT2D eigenvalue weighted by Gasteiger charge is 2.28. The van der Waals surface area contributed by atoms with Crippen molar-refractivity contribution in [3.8, 4) is 5.75 Å². The number of nitrogens with two attached hydrogens (primary N) is 6. The molecule has 0 saturated heterocycles. The van der Waals surface area contributed by atoms with E-state index >= 15 is 0 Å². The fraction of sp³-hybridized carbons (Fsp3) is 0.154. The largest absolute Gasteiger partial charge is 0.408 e. The van der Waals surface area contributed by atoms with Crippen molar-refractivity contribution >= 4 is 39.5 Å². The molecule has 0 heterocycles. The minimum Gasteiger partial charge on any atom is -0.408 e. The Kier molecular flexibility index (Phi) is 3.61. The van der Waals surface area contributed by atoms with Gasteiger partial charge in [0.1, 0.15) is 11.3 Å². The highest BCUT2D eigenvalue weighted by Crippen LogP contribution is 2.46. The lowest BCUT2D eigenvalue weighted by Gasteiger charge is -2.20. The van der Waals surface area contributed by atoms with Gasteiger partial charge < -0.3 is 32.6 Å². The first-order chi connectivity index (χ1) is 10.3. The van der Waals surface area contributed by atoms with Crippen LogP contribution in [0.25, 0.3) is 10.8 Å². The van der Waals surface area contributed by atoms with Crippen molar-refractivity contribution in [2.24, 2.45) is 11.8 Å². The van der Waals surface area contributed by atoms with Crippen LogP contribution in [0.3, 0.4) is 0 Å². The number of hydrogen-bond donors (Lipinski definition) is 6. The zero-order chi connectivity index (χ0) is 16.8. The molecule has 22 heavy (non-hydrogen) atoms. The molecule has 0 spiro atoms. The van der Waals surface area contributed by atoms with Gasteiger partial charge in [0.15, 0.2) is 5.75 Å². The van der Waals surface area contributed by atoms with Crippen LogP contribution in [0.4, 0.5) is 22.7 Å². The molecule has 2 rings (SSSR count). The van der Waals surface area contributed by atoms with Crippen LogP contribution >= 0.6 is 0 Å². The monoisotopic (exact) mass is 306 g/mol. The van der Waals surface area contributed by atoms with Crippen molar-refractivity contribution in [3.63, 3.8) is 0 Å². The summed E-state index contributed by atoms with van der Waals surface area (Å²) in [6.07, 6.45) is 0. The summed E-state index contributed by atoms with van der Waals surface area (Å²) in [6.45, 7) is 3.54. The van der Waals surface area contributed by atoms with E-state index in [0.29, 0.717) is 16.6 Å². The van der Waals surface area contributed by atoms with E-state index in [0.717, 1.165) is 5.56 Å². The van der Waals surface area contributed by atoms with Gasteiger partial charge in [-0.3, -0.25) is 0 Å². The molecular formula is C13H18N6O3. The maximum Gasteiger partial charge on any atom is 0.361 e. The summed E-state index contributed by atoms with van der Waals surface area (Å²) >= 11 is 0. The Morgan fingerprint density at radius 2 is 1.32 bits per heavy atom. The fourth-order valence-electron chi connectivity index (χ4n) is 2.47. The van der Waals surface area contributed by atoms with Crippen LogP contribution in [0.15, 0.2) is 0 Å². The summed E-state index contributed by atoms with van der Waals surface area (Å²) in [5, 5.41) is 0.572. The average molecular weight is 306 g/mol. The van der Waals surface area contributed by atoms with Crippen LogP contribution in [0, 0.1) is 13.8 Å². The molecular weight excluding hydrogens is 288 g/mol. The van der Waals surface area contributed by atoms with Gasteiger partial charge in [-0.05, 0) is 25.0 Å². The van der Waals surface area contributed by atoms with Crippen molar-refractivity contribution in [3.05, 3.63) is 16.7 Å². The van der Waals surface area contributed by atoms with E-state index in [1.54, 1.807) is 13.8 Å². The third-order valence-corrected chi connectivity index (χ3v) is 3.87. The van der Waals surface area contributed by atoms with Gasteiger partial charge in [0.2, 0.25) is 0 Å². The third kappa shape index (κ3) is 1.84. The number of nitrogen functional groups attached to an aromatic ring is 4. The van der Waals surface area contributed by atoms with Crippen LogP contribution in [0.2, 0.25) is 0 Å². The van der Waals surface area contributed by atoms with Crippen molar-refractivity contribution in [1.82, 2.24) is 0 Å². The predicted molar refractivity (Wildman–Crippen MR) is 85.5 cm³/mol. The van der Waals surface area contributed by atoms with Gasteiger partial charge in [-0.15, -0.1) is 0 Å². The third-order valence-electron chi connectivity index (χ3n) is 3.87. The molecule has 0 saturated carbocycles. The lowest BCUT2D eigenvalue weighted by atomic mass is 9.92. The lowest BCUT2D eigenvalue weighted by Crippen LogP contribution is -2.18. The first kappa shape index (κ1) is 15.5. The smallest absolute Gasteiger partial charge is 0.361 e. The summed E-state index contributed by atoms with van der Waals surface area (Å²) in [5.74, 6) is 9.08. The number of carbonyl (C=O) groups excluding carboxylic acids is 1. The molecule has 0 unspecified atom stereocenters. The molecule has 2 aromatic carbocycles. The molecule has 9 nitrogen and oxygen atoms in total. The second-order valence-corrected chi connectivity index (χ2v) is 4.88. The Morgan fingerprint density at radius 3 is 1.77 bits per heavy atom. The predicted octanol–water partition coefficient (Wildman–Crippen LogP) is 0.0684. The van der Waals surface area contributed by atoms with Gasteiger partial charge in [0, 0.05) is 22.1 Å². The molecule has 0 aliphatic heterocycles. The number of hydrogen-bond acceptors (Lipinski definition) is 9. The topological polar surface area (TPSA) is 192 Å². The average Bonchev–Trinajstić information content (AvgIpc) is 2.51. The molecule has 0 amide bonds. The molecule has 12 N–H and O–H groups in total. The van der Waals surface area contributed by atoms with Gasteiger partial charge in [0.05, 0.1) is 5.69 Å². The summed E-state index contributed by atoms with van der Waals surface area (Å²) in [7, 11) is 0. The number of benzene rings is 2. The number of rotatable bonds is 2. The zero-order valence-electron chi connectivity index (χ0n) is 12.2. The Morgan fingerprint density at radius 1 is 0.818 bits per heavy atom. The van der Waals surface area contributed by atoms with Crippen molar-refractivity contribution < 1.29 is 14.5 Å². The molecule has 2 aromatic rings. The Bertz CT molecular complexity index is 803. The Balaban J connectivity index is 3.22. The van der Waals surface area contributed by atoms with Gasteiger partial charge in [-0.2, -0.15) is 11.8 Å². The normalized spacial score (nSPS) is 10.7. The minimum absolute atomic E-state index is 0.0512. The van der Waals surface area contributed by atoms with E-state index in [-0.39, 0.29) is 33.8 Å². The number of fused-ring (bicyclic) bond motifs is 1. The summed E-state index contributed by atoms with van der Waals surface area (Å²) in [5.41, 5.74) is 26.1. The SMILES string of the molecule is Cc1c(C)c(N)c2c(C(=O)ON)c(ON)c(N)c(N)c2c1N. The van der Waals surface area contributed by atoms with Crippen molar-refractivity contribution in [2.75, 3.05) is 22.9 Å². The van der Waals surface area contributed by atoms with Gasteiger partial charge in [0.25, 0.3) is 0 Å². The Hall–Kier alpha value is -2.91. The highest BCUT2D eigenvalue weighted by atomic mass is 16.7. The van der Waals surface area contributed by atoms with Crippen LogP contribution < -0.4 is 39.6 Å². The van der Waals surface area contributed by atoms with E-state index in [1.165, 1.54) is 0 Å². The highest BCUT2D eigenvalue weighted by molar-refractivity contribution is 6.22. The van der Waals surface area contributed by atoms with Gasteiger partial charge in [-0.25, -0.2) is 4.79 Å². The van der Waals surface area contributed by atoms with Crippen molar-refractivity contribution in [2.45, 2.75) is 13.8 Å². The van der Waals surface area contributed by atoms with E-state index in [9.17, 15) is 4.79 Å².